The fourth-order valence-electron chi connectivity index (χ4n) is 1.47. The number of thioether (sulfide) groups is 1. The van der Waals surface area contributed by atoms with Crippen molar-refractivity contribution in [2.24, 2.45) is 4.99 Å². The monoisotopic (exact) mass is 206 g/mol. The average molecular weight is 206 g/mol. The van der Waals surface area contributed by atoms with Gasteiger partial charge in [0.05, 0.1) is 6.54 Å². The minimum absolute atomic E-state index is 0.904. The molecule has 2 nitrogen and oxygen atoms in total. The van der Waals surface area contributed by atoms with Crippen molar-refractivity contribution in [3.05, 3.63) is 29.8 Å². The third-order valence-electron chi connectivity index (χ3n) is 2.11. The molecule has 1 aliphatic rings. The number of aliphatic imine (C=N–C) groups is 1. The predicted octanol–water partition coefficient (Wildman–Crippen LogP) is 2.15. The molecular weight excluding hydrogens is 192 g/mol. The minimum atomic E-state index is 0.904. The summed E-state index contributed by atoms with van der Waals surface area (Å²) in [6, 6.07) is 8.59. The van der Waals surface area contributed by atoms with Gasteiger partial charge in [-0.1, -0.05) is 19.1 Å². The number of hydrogen-bond donors (Lipinski definition) is 1. The van der Waals surface area contributed by atoms with Gasteiger partial charge in [0.25, 0.3) is 0 Å². The number of rotatable bonds is 3. The zero-order valence-corrected chi connectivity index (χ0v) is 9.10. The summed E-state index contributed by atoms with van der Waals surface area (Å²) in [6.45, 7) is 4.04. The van der Waals surface area contributed by atoms with E-state index in [1.807, 2.05) is 11.8 Å². The lowest BCUT2D eigenvalue weighted by molar-refractivity contribution is 0.960. The van der Waals surface area contributed by atoms with Crippen LogP contribution >= 0.6 is 11.8 Å². The summed E-state index contributed by atoms with van der Waals surface area (Å²) < 4.78 is 0. The Balaban J connectivity index is 2.13. The number of nitrogens with one attached hydrogen (secondary N) is 1. The number of benzene rings is 1. The van der Waals surface area contributed by atoms with Crippen molar-refractivity contribution in [1.82, 2.24) is 5.32 Å². The van der Waals surface area contributed by atoms with Crippen molar-refractivity contribution in [1.29, 1.82) is 0 Å². The molecule has 2 rings (SSSR count). The summed E-state index contributed by atoms with van der Waals surface area (Å²) in [4.78, 5) is 5.71. The van der Waals surface area contributed by atoms with E-state index in [0.717, 1.165) is 24.7 Å². The fraction of sp³-hybridized carbons (Fsp3) is 0.364. The van der Waals surface area contributed by atoms with Crippen LogP contribution in [-0.4, -0.2) is 24.7 Å². The molecule has 0 radical (unpaired) electrons. The molecule has 1 heterocycles. The van der Waals surface area contributed by atoms with Gasteiger partial charge in [0, 0.05) is 17.0 Å². The first kappa shape index (κ1) is 9.59. The predicted molar refractivity (Wildman–Crippen MR) is 62.2 cm³/mol. The second kappa shape index (κ2) is 4.51. The van der Waals surface area contributed by atoms with Gasteiger partial charge in [-0.2, -0.15) is 0 Å². The Kier molecular flexibility index (Phi) is 3.09. The third-order valence-corrected chi connectivity index (χ3v) is 3.01. The van der Waals surface area contributed by atoms with E-state index in [2.05, 4.69) is 41.5 Å². The molecule has 0 aliphatic carbocycles. The Bertz CT molecular complexity index is 330. The van der Waals surface area contributed by atoms with Gasteiger partial charge >= 0.3 is 0 Å². The van der Waals surface area contributed by atoms with Crippen LogP contribution < -0.4 is 5.32 Å². The van der Waals surface area contributed by atoms with Gasteiger partial charge in [-0.3, -0.25) is 4.99 Å². The first-order valence-electron chi connectivity index (χ1n) is 4.91. The minimum Gasteiger partial charge on any atom is -0.368 e. The van der Waals surface area contributed by atoms with Gasteiger partial charge in [0.1, 0.15) is 5.84 Å². The van der Waals surface area contributed by atoms with Crippen LogP contribution in [-0.2, 0) is 0 Å². The van der Waals surface area contributed by atoms with E-state index in [0.29, 0.717) is 0 Å². The van der Waals surface area contributed by atoms with E-state index in [1.165, 1.54) is 10.5 Å². The van der Waals surface area contributed by atoms with Crippen LogP contribution in [0.3, 0.4) is 0 Å². The molecule has 0 fully saturated rings. The highest BCUT2D eigenvalue weighted by molar-refractivity contribution is 7.99. The van der Waals surface area contributed by atoms with E-state index in [1.54, 1.807) is 0 Å². The molecule has 0 atom stereocenters. The summed E-state index contributed by atoms with van der Waals surface area (Å²) in [5.41, 5.74) is 1.20. The molecule has 3 heteroatoms. The third kappa shape index (κ3) is 2.10. The lowest BCUT2D eigenvalue weighted by Gasteiger charge is -2.03. The molecule has 1 aromatic rings. The molecule has 74 valence electrons. The smallest absolute Gasteiger partial charge is 0.128 e. The molecule has 0 amide bonds. The largest absolute Gasteiger partial charge is 0.368 e. The zero-order valence-electron chi connectivity index (χ0n) is 8.29. The SMILES string of the molecule is CCSc1ccc(C2=NCCN2)cc1. The average Bonchev–Trinajstić information content (AvgIpc) is 2.72. The maximum absolute atomic E-state index is 4.38. The maximum Gasteiger partial charge on any atom is 0.128 e. The molecule has 0 spiro atoms. The molecule has 1 aromatic carbocycles. The molecule has 14 heavy (non-hydrogen) atoms. The molecule has 0 unspecified atom stereocenters. The van der Waals surface area contributed by atoms with Crippen LogP contribution in [0, 0.1) is 0 Å². The van der Waals surface area contributed by atoms with Crippen molar-refractivity contribution in [3.63, 3.8) is 0 Å². The van der Waals surface area contributed by atoms with Gasteiger partial charge in [-0.05, 0) is 17.9 Å². The van der Waals surface area contributed by atoms with Crippen molar-refractivity contribution in [2.75, 3.05) is 18.8 Å². The maximum atomic E-state index is 4.38. The molecule has 1 N–H and O–H groups in total. The number of nitrogens with zero attached hydrogens (tertiary/aromatic N) is 1. The molecule has 0 saturated carbocycles. The molecule has 0 aromatic heterocycles. The normalized spacial score (nSPS) is 15.1. The van der Waals surface area contributed by atoms with Crippen molar-refractivity contribution in [3.8, 4) is 0 Å². The van der Waals surface area contributed by atoms with Crippen LogP contribution in [0.4, 0.5) is 0 Å². The topological polar surface area (TPSA) is 24.4 Å². The van der Waals surface area contributed by atoms with Gasteiger partial charge in [-0.15, -0.1) is 11.8 Å². The van der Waals surface area contributed by atoms with Gasteiger partial charge < -0.3 is 5.32 Å². The Morgan fingerprint density at radius 3 is 2.71 bits per heavy atom. The second-order valence-corrected chi connectivity index (χ2v) is 4.45. The van der Waals surface area contributed by atoms with Gasteiger partial charge in [-0.25, -0.2) is 0 Å². The van der Waals surface area contributed by atoms with Crippen molar-refractivity contribution >= 4 is 17.6 Å². The van der Waals surface area contributed by atoms with E-state index in [9.17, 15) is 0 Å². The van der Waals surface area contributed by atoms with E-state index in [-0.39, 0.29) is 0 Å². The van der Waals surface area contributed by atoms with E-state index in [4.69, 9.17) is 0 Å². The van der Waals surface area contributed by atoms with E-state index < -0.39 is 0 Å². The van der Waals surface area contributed by atoms with Crippen LogP contribution in [0.2, 0.25) is 0 Å². The Labute approximate surface area is 88.8 Å². The zero-order chi connectivity index (χ0) is 9.80. The quantitative estimate of drug-likeness (QED) is 0.766. The first-order chi connectivity index (χ1) is 6.90. The highest BCUT2D eigenvalue weighted by atomic mass is 32.2. The second-order valence-electron chi connectivity index (χ2n) is 3.11. The van der Waals surface area contributed by atoms with Gasteiger partial charge in [0.15, 0.2) is 0 Å². The van der Waals surface area contributed by atoms with Crippen LogP contribution in [0.25, 0.3) is 0 Å². The highest BCUT2D eigenvalue weighted by Crippen LogP contribution is 2.18. The molecule has 0 bridgehead atoms. The van der Waals surface area contributed by atoms with E-state index >= 15 is 0 Å². The summed E-state index contributed by atoms with van der Waals surface area (Å²) in [5, 5.41) is 3.27. The Hall–Kier alpha value is -0.960. The molecule has 1 aliphatic heterocycles. The molecule has 0 saturated heterocycles. The highest BCUT2D eigenvalue weighted by Gasteiger charge is 2.06. The lowest BCUT2D eigenvalue weighted by atomic mass is 10.2. The lowest BCUT2D eigenvalue weighted by Crippen LogP contribution is -2.19. The first-order valence-corrected chi connectivity index (χ1v) is 5.90. The summed E-state index contributed by atoms with van der Waals surface area (Å²) in [6.07, 6.45) is 0. The fourth-order valence-corrected chi connectivity index (χ4v) is 2.13. The van der Waals surface area contributed by atoms with Crippen molar-refractivity contribution in [2.45, 2.75) is 11.8 Å². The van der Waals surface area contributed by atoms with Crippen LogP contribution in [0.5, 0.6) is 0 Å². The van der Waals surface area contributed by atoms with Crippen molar-refractivity contribution < 1.29 is 0 Å². The summed E-state index contributed by atoms with van der Waals surface area (Å²) >= 11 is 1.87. The van der Waals surface area contributed by atoms with Crippen LogP contribution in [0.1, 0.15) is 12.5 Å². The van der Waals surface area contributed by atoms with Gasteiger partial charge in [0.2, 0.25) is 0 Å². The standard InChI is InChI=1S/C11H14N2S/c1-2-14-10-5-3-9(4-6-10)11-12-7-8-13-11/h3-6H,2,7-8H2,1H3,(H,12,13). The number of amidine groups is 1. The van der Waals surface area contributed by atoms with Crippen LogP contribution in [0.15, 0.2) is 34.2 Å². The number of hydrogen-bond acceptors (Lipinski definition) is 3. The summed E-state index contributed by atoms with van der Waals surface area (Å²) in [7, 11) is 0. The Morgan fingerprint density at radius 1 is 1.36 bits per heavy atom. The molecular formula is C11H14N2S. The Morgan fingerprint density at radius 2 is 2.14 bits per heavy atom. The summed E-state index contributed by atoms with van der Waals surface area (Å²) in [5.74, 6) is 2.16.